The Morgan fingerprint density at radius 2 is 1.88 bits per heavy atom. The molecule has 0 bridgehead atoms. The molecule has 0 fully saturated rings. The lowest BCUT2D eigenvalue weighted by atomic mass is 10.0. The number of H-pyrrole nitrogens is 1. The average Bonchev–Trinajstić information content (AvgIpc) is 2.96. The number of hydrogen-bond acceptors (Lipinski definition) is 5. The van der Waals surface area contributed by atoms with Crippen molar-refractivity contribution in [2.45, 2.75) is 71.6 Å². The van der Waals surface area contributed by atoms with Crippen molar-refractivity contribution < 1.29 is 19.1 Å². The molecule has 0 saturated carbocycles. The third-order valence-corrected chi connectivity index (χ3v) is 3.34. The molecular weight excluding hydrogens is 338 g/mol. The van der Waals surface area contributed by atoms with Crippen molar-refractivity contribution in [2.75, 3.05) is 5.32 Å². The highest BCUT2D eigenvalue weighted by Gasteiger charge is 2.34. The Morgan fingerprint density at radius 3 is 2.38 bits per heavy atom. The molecule has 0 aliphatic rings. The van der Waals surface area contributed by atoms with E-state index < -0.39 is 29.2 Å². The molecule has 1 aromatic rings. The van der Waals surface area contributed by atoms with Crippen LogP contribution in [0.1, 0.15) is 54.4 Å². The quantitative estimate of drug-likeness (QED) is 0.586. The zero-order valence-electron chi connectivity index (χ0n) is 16.2. The highest BCUT2D eigenvalue weighted by molar-refractivity contribution is 5.98. The maximum absolute atomic E-state index is 12.6. The number of imidazole rings is 1. The Morgan fingerprint density at radius 1 is 1.23 bits per heavy atom. The number of aromatic nitrogens is 2. The van der Waals surface area contributed by atoms with Crippen molar-refractivity contribution in [1.82, 2.24) is 20.6 Å². The number of carbonyl (C=O) groups excluding carboxylic acids is 3. The van der Waals surface area contributed by atoms with Crippen LogP contribution < -0.4 is 16.0 Å². The van der Waals surface area contributed by atoms with E-state index in [0.29, 0.717) is 18.7 Å². The Kier molecular flexibility index (Phi) is 7.17. The number of nitrogens with one attached hydrogen (secondary N) is 4. The summed E-state index contributed by atoms with van der Waals surface area (Å²) in [6, 6.07) is -0.740. The Bertz CT molecular complexity index is 620. The van der Waals surface area contributed by atoms with Gasteiger partial charge in [0.25, 0.3) is 0 Å². The smallest absolute Gasteiger partial charge is 0.408 e. The van der Waals surface area contributed by atoms with Gasteiger partial charge < -0.3 is 25.7 Å². The first kappa shape index (κ1) is 21.5. The topological polar surface area (TPSA) is 125 Å². The third kappa shape index (κ3) is 7.12. The Labute approximate surface area is 153 Å². The van der Waals surface area contributed by atoms with Gasteiger partial charge in [-0.25, -0.2) is 9.78 Å². The van der Waals surface area contributed by atoms with Crippen molar-refractivity contribution in [2.24, 2.45) is 0 Å². The summed E-state index contributed by atoms with van der Waals surface area (Å²) in [5, 5.41) is 7.86. The van der Waals surface area contributed by atoms with Crippen LogP contribution in [0.5, 0.6) is 0 Å². The number of nitrogens with zero attached hydrogens (tertiary/aromatic N) is 1. The number of ether oxygens (including phenoxy) is 1. The van der Waals surface area contributed by atoms with E-state index in [9.17, 15) is 14.4 Å². The van der Waals surface area contributed by atoms with E-state index in [4.69, 9.17) is 4.74 Å². The lowest BCUT2D eigenvalue weighted by molar-refractivity contribution is -0.130. The molecule has 0 spiro atoms. The van der Waals surface area contributed by atoms with Crippen LogP contribution in [0.15, 0.2) is 12.5 Å². The summed E-state index contributed by atoms with van der Waals surface area (Å²) in [6.45, 7) is 10.2. The van der Waals surface area contributed by atoms with Gasteiger partial charge in [-0.3, -0.25) is 9.59 Å². The van der Waals surface area contributed by atoms with Crippen LogP contribution in [0, 0.1) is 0 Å². The number of hydrogen-bond donors (Lipinski definition) is 4. The number of rotatable bonds is 7. The van der Waals surface area contributed by atoms with E-state index in [1.165, 1.54) is 12.5 Å². The third-order valence-electron chi connectivity index (χ3n) is 3.34. The Hall–Kier alpha value is -2.58. The fourth-order valence-corrected chi connectivity index (χ4v) is 2.06. The van der Waals surface area contributed by atoms with Crippen molar-refractivity contribution >= 4 is 23.7 Å². The van der Waals surface area contributed by atoms with Gasteiger partial charge in [-0.05, 0) is 41.0 Å². The molecule has 3 amide bonds. The SMILES string of the molecule is CCCC(NC(=O)C(C)(C)NC(=O)OC(C)(C)C)C(=O)Nc1cnc[nH]1. The van der Waals surface area contributed by atoms with Gasteiger partial charge in [0.15, 0.2) is 0 Å². The summed E-state index contributed by atoms with van der Waals surface area (Å²) in [4.78, 5) is 43.5. The second kappa shape index (κ2) is 8.68. The molecule has 1 aromatic heterocycles. The zero-order chi connectivity index (χ0) is 20.0. The van der Waals surface area contributed by atoms with Crippen molar-refractivity contribution in [3.63, 3.8) is 0 Å². The second-order valence-corrected chi connectivity index (χ2v) is 7.52. The van der Waals surface area contributed by atoms with Crippen molar-refractivity contribution in [3.8, 4) is 0 Å². The molecular formula is C17H29N5O4. The number of amides is 3. The predicted octanol–water partition coefficient (Wildman–Crippen LogP) is 1.94. The number of anilines is 1. The minimum Gasteiger partial charge on any atom is -0.444 e. The highest BCUT2D eigenvalue weighted by Crippen LogP contribution is 2.11. The summed E-state index contributed by atoms with van der Waals surface area (Å²) in [7, 11) is 0. The van der Waals surface area contributed by atoms with Gasteiger partial charge in [-0.2, -0.15) is 0 Å². The summed E-state index contributed by atoms with van der Waals surface area (Å²) < 4.78 is 5.17. The molecule has 0 aliphatic carbocycles. The van der Waals surface area contributed by atoms with Gasteiger partial charge in [0.1, 0.15) is 23.0 Å². The van der Waals surface area contributed by atoms with Gasteiger partial charge in [-0.15, -0.1) is 0 Å². The minimum atomic E-state index is -1.25. The fourth-order valence-electron chi connectivity index (χ4n) is 2.06. The Balaban J connectivity index is 2.72. The molecule has 1 heterocycles. The van der Waals surface area contributed by atoms with Gasteiger partial charge in [-0.1, -0.05) is 13.3 Å². The number of aromatic amines is 1. The van der Waals surface area contributed by atoms with Gasteiger partial charge >= 0.3 is 6.09 Å². The molecule has 146 valence electrons. The monoisotopic (exact) mass is 367 g/mol. The van der Waals surface area contributed by atoms with Crippen LogP contribution in [0.25, 0.3) is 0 Å². The predicted molar refractivity (Wildman–Crippen MR) is 97.5 cm³/mol. The summed E-state index contributed by atoms with van der Waals surface area (Å²) in [5.74, 6) is -0.407. The highest BCUT2D eigenvalue weighted by atomic mass is 16.6. The maximum Gasteiger partial charge on any atom is 0.408 e. The van der Waals surface area contributed by atoms with E-state index in [2.05, 4.69) is 25.9 Å². The van der Waals surface area contributed by atoms with Gasteiger partial charge in [0.05, 0.1) is 12.5 Å². The molecule has 9 nitrogen and oxygen atoms in total. The molecule has 9 heteroatoms. The fraction of sp³-hybridized carbons (Fsp3) is 0.647. The molecule has 1 unspecified atom stereocenters. The van der Waals surface area contributed by atoms with E-state index in [-0.39, 0.29) is 5.91 Å². The largest absolute Gasteiger partial charge is 0.444 e. The van der Waals surface area contributed by atoms with Gasteiger partial charge in [0.2, 0.25) is 11.8 Å². The first-order chi connectivity index (χ1) is 11.9. The molecule has 4 N–H and O–H groups in total. The molecule has 26 heavy (non-hydrogen) atoms. The number of carbonyl (C=O) groups is 3. The molecule has 0 aliphatic heterocycles. The van der Waals surface area contributed by atoms with E-state index in [1.54, 1.807) is 34.6 Å². The molecule has 1 atom stereocenters. The lowest BCUT2D eigenvalue weighted by Gasteiger charge is -2.29. The van der Waals surface area contributed by atoms with E-state index >= 15 is 0 Å². The van der Waals surface area contributed by atoms with E-state index in [1.807, 2.05) is 6.92 Å². The van der Waals surface area contributed by atoms with Crippen LogP contribution in [0.2, 0.25) is 0 Å². The van der Waals surface area contributed by atoms with Gasteiger partial charge in [0, 0.05) is 0 Å². The zero-order valence-corrected chi connectivity index (χ0v) is 16.2. The van der Waals surface area contributed by atoms with Crippen molar-refractivity contribution in [3.05, 3.63) is 12.5 Å². The summed E-state index contributed by atoms with van der Waals surface area (Å²) in [5.41, 5.74) is -1.92. The standard InChI is InChI=1S/C17H29N5O4/c1-7-8-11(13(23)21-12-9-18-10-19-12)20-14(24)17(5,6)22-15(25)26-16(2,3)4/h9-11H,7-8H2,1-6H3,(H,18,19)(H,20,24)(H,21,23)(H,22,25). The van der Waals surface area contributed by atoms with Crippen LogP contribution in [-0.4, -0.2) is 45.1 Å². The first-order valence-corrected chi connectivity index (χ1v) is 8.56. The summed E-state index contributed by atoms with van der Waals surface area (Å²) in [6.07, 6.45) is 3.36. The lowest BCUT2D eigenvalue weighted by Crippen LogP contribution is -2.58. The average molecular weight is 367 g/mol. The molecule has 0 saturated heterocycles. The first-order valence-electron chi connectivity index (χ1n) is 8.56. The minimum absolute atomic E-state index is 0.363. The summed E-state index contributed by atoms with van der Waals surface area (Å²) >= 11 is 0. The second-order valence-electron chi connectivity index (χ2n) is 7.52. The molecule has 1 rings (SSSR count). The number of alkyl carbamates (subject to hydrolysis) is 1. The van der Waals surface area contributed by atoms with Crippen LogP contribution >= 0.6 is 0 Å². The maximum atomic E-state index is 12.6. The normalized spacial score (nSPS) is 12.8. The van der Waals surface area contributed by atoms with Crippen LogP contribution in [-0.2, 0) is 14.3 Å². The van der Waals surface area contributed by atoms with E-state index in [0.717, 1.165) is 0 Å². The van der Waals surface area contributed by atoms with Crippen LogP contribution in [0.3, 0.4) is 0 Å². The van der Waals surface area contributed by atoms with Crippen molar-refractivity contribution in [1.29, 1.82) is 0 Å². The molecule has 0 aromatic carbocycles. The molecule has 0 radical (unpaired) electrons. The van der Waals surface area contributed by atoms with Crippen LogP contribution in [0.4, 0.5) is 10.6 Å².